The van der Waals surface area contributed by atoms with E-state index in [-0.39, 0.29) is 5.91 Å². The molecule has 0 spiro atoms. The molecule has 0 fully saturated rings. The minimum atomic E-state index is -0.198. The van der Waals surface area contributed by atoms with Gasteiger partial charge < -0.3 is 15.0 Å². The Morgan fingerprint density at radius 1 is 1.13 bits per heavy atom. The molecule has 0 aliphatic rings. The van der Waals surface area contributed by atoms with Crippen molar-refractivity contribution < 1.29 is 9.53 Å². The van der Waals surface area contributed by atoms with E-state index in [2.05, 4.69) is 29.0 Å². The maximum absolute atomic E-state index is 12.4. The van der Waals surface area contributed by atoms with Crippen molar-refractivity contribution in [3.63, 3.8) is 0 Å². The van der Waals surface area contributed by atoms with E-state index in [4.69, 9.17) is 4.74 Å². The maximum atomic E-state index is 12.4. The van der Waals surface area contributed by atoms with Gasteiger partial charge in [0, 0.05) is 19.3 Å². The first-order valence-electron chi connectivity index (χ1n) is 7.93. The lowest BCUT2D eigenvalue weighted by atomic mass is 10.2. The summed E-state index contributed by atoms with van der Waals surface area (Å²) in [6, 6.07) is 11.1. The van der Waals surface area contributed by atoms with Crippen LogP contribution in [0.1, 0.15) is 31.1 Å². The van der Waals surface area contributed by atoms with E-state index in [1.165, 1.54) is 0 Å². The molecule has 2 aromatic rings. The number of carbonyl (C=O) groups excluding carboxylic acids is 1. The number of nitrogens with zero attached hydrogens (tertiary/aromatic N) is 2. The van der Waals surface area contributed by atoms with Crippen molar-refractivity contribution in [2.75, 3.05) is 29.9 Å². The molecule has 1 heterocycles. The van der Waals surface area contributed by atoms with Gasteiger partial charge in [-0.15, -0.1) is 0 Å². The highest BCUT2D eigenvalue weighted by atomic mass is 16.5. The quantitative estimate of drug-likeness (QED) is 0.849. The largest absolute Gasteiger partial charge is 0.492 e. The van der Waals surface area contributed by atoms with E-state index in [1.54, 1.807) is 12.3 Å². The zero-order chi connectivity index (χ0) is 16.7. The molecule has 5 nitrogen and oxygen atoms in total. The summed E-state index contributed by atoms with van der Waals surface area (Å²) in [5, 5.41) is 2.87. The van der Waals surface area contributed by atoms with E-state index < -0.39 is 0 Å². The molecule has 2 rings (SSSR count). The molecule has 0 atom stereocenters. The molecular weight excluding hydrogens is 290 g/mol. The predicted molar refractivity (Wildman–Crippen MR) is 93.4 cm³/mol. The van der Waals surface area contributed by atoms with Crippen LogP contribution in [-0.4, -0.2) is 30.6 Å². The molecule has 122 valence electrons. The molecule has 23 heavy (non-hydrogen) atoms. The van der Waals surface area contributed by atoms with Crippen LogP contribution < -0.4 is 15.0 Å². The summed E-state index contributed by atoms with van der Waals surface area (Å²) >= 11 is 0. The molecule has 0 aliphatic heterocycles. The Morgan fingerprint density at radius 3 is 2.48 bits per heavy atom. The van der Waals surface area contributed by atoms with Gasteiger partial charge in [-0.1, -0.05) is 12.1 Å². The average molecular weight is 313 g/mol. The zero-order valence-corrected chi connectivity index (χ0v) is 13.9. The molecular formula is C18H23N3O2. The van der Waals surface area contributed by atoms with Gasteiger partial charge in [0.25, 0.3) is 5.91 Å². The smallest absolute Gasteiger partial charge is 0.257 e. The van der Waals surface area contributed by atoms with Gasteiger partial charge in [0.1, 0.15) is 11.6 Å². The van der Waals surface area contributed by atoms with E-state index in [0.29, 0.717) is 23.6 Å². The van der Waals surface area contributed by atoms with Gasteiger partial charge in [-0.2, -0.15) is 0 Å². The number of ether oxygens (including phenoxy) is 1. The van der Waals surface area contributed by atoms with Crippen LogP contribution >= 0.6 is 0 Å². The summed E-state index contributed by atoms with van der Waals surface area (Å²) in [5.74, 6) is 1.34. The fourth-order valence-corrected chi connectivity index (χ4v) is 2.30. The van der Waals surface area contributed by atoms with Gasteiger partial charge in [0.2, 0.25) is 0 Å². The van der Waals surface area contributed by atoms with Gasteiger partial charge in [-0.05, 0) is 45.0 Å². The molecule has 1 N–H and O–H groups in total. The Hall–Kier alpha value is -2.56. The second kappa shape index (κ2) is 8.17. The molecule has 1 amide bonds. The standard InChI is InChI=1S/C18H23N3O2/c1-4-21(5-2)17-12-11-14(13-19-17)18(22)20-15-9-7-8-10-16(15)23-6-3/h7-13H,4-6H2,1-3H3,(H,20,22). The highest BCUT2D eigenvalue weighted by molar-refractivity contribution is 6.04. The lowest BCUT2D eigenvalue weighted by Crippen LogP contribution is -2.23. The number of para-hydroxylation sites is 2. The lowest BCUT2D eigenvalue weighted by Gasteiger charge is -2.19. The lowest BCUT2D eigenvalue weighted by molar-refractivity contribution is 0.102. The summed E-state index contributed by atoms with van der Waals surface area (Å²) in [5.41, 5.74) is 1.18. The van der Waals surface area contributed by atoms with Crippen molar-refractivity contribution in [2.24, 2.45) is 0 Å². The third-order valence-corrected chi connectivity index (χ3v) is 3.53. The number of nitrogens with one attached hydrogen (secondary N) is 1. The molecule has 0 radical (unpaired) electrons. The van der Waals surface area contributed by atoms with Crippen molar-refractivity contribution in [1.82, 2.24) is 4.98 Å². The van der Waals surface area contributed by atoms with Gasteiger partial charge in [-0.3, -0.25) is 4.79 Å². The molecule has 0 aliphatic carbocycles. The number of hydrogen-bond donors (Lipinski definition) is 1. The molecule has 0 saturated carbocycles. The Balaban J connectivity index is 2.12. The molecule has 0 bridgehead atoms. The fourth-order valence-electron chi connectivity index (χ4n) is 2.30. The number of anilines is 2. The summed E-state index contributed by atoms with van der Waals surface area (Å²) in [6.45, 7) is 8.39. The predicted octanol–water partition coefficient (Wildman–Crippen LogP) is 3.58. The van der Waals surface area contributed by atoms with E-state index in [9.17, 15) is 4.79 Å². The highest BCUT2D eigenvalue weighted by Crippen LogP contribution is 2.24. The van der Waals surface area contributed by atoms with E-state index >= 15 is 0 Å². The number of amides is 1. The fraction of sp³-hybridized carbons (Fsp3) is 0.333. The summed E-state index contributed by atoms with van der Waals surface area (Å²) in [4.78, 5) is 18.9. The average Bonchev–Trinajstić information content (AvgIpc) is 2.58. The Bertz CT molecular complexity index is 637. The van der Waals surface area contributed by atoms with Crippen molar-refractivity contribution in [1.29, 1.82) is 0 Å². The topological polar surface area (TPSA) is 54.5 Å². The second-order valence-electron chi connectivity index (χ2n) is 4.96. The number of aromatic nitrogens is 1. The number of carbonyl (C=O) groups is 1. The van der Waals surface area contributed by atoms with E-state index in [0.717, 1.165) is 18.9 Å². The third-order valence-electron chi connectivity index (χ3n) is 3.53. The van der Waals surface area contributed by atoms with Crippen molar-refractivity contribution in [2.45, 2.75) is 20.8 Å². The van der Waals surface area contributed by atoms with Crippen LogP contribution in [0.3, 0.4) is 0 Å². The van der Waals surface area contributed by atoms with Crippen LogP contribution in [0.5, 0.6) is 5.75 Å². The monoisotopic (exact) mass is 313 g/mol. The first-order valence-corrected chi connectivity index (χ1v) is 7.93. The number of pyridine rings is 1. The van der Waals surface area contributed by atoms with Crippen molar-refractivity contribution >= 4 is 17.4 Å². The highest BCUT2D eigenvalue weighted by Gasteiger charge is 2.11. The van der Waals surface area contributed by atoms with Crippen molar-refractivity contribution in [3.05, 3.63) is 48.2 Å². The minimum absolute atomic E-state index is 0.198. The first-order chi connectivity index (χ1) is 11.2. The van der Waals surface area contributed by atoms with Crippen LogP contribution in [-0.2, 0) is 0 Å². The molecule has 1 aromatic carbocycles. The summed E-state index contributed by atoms with van der Waals surface area (Å²) in [6.07, 6.45) is 1.60. The van der Waals surface area contributed by atoms with Crippen LogP contribution in [0.2, 0.25) is 0 Å². The first kappa shape index (κ1) is 16.8. The summed E-state index contributed by atoms with van der Waals surface area (Å²) < 4.78 is 5.52. The number of rotatable bonds is 7. The third kappa shape index (κ3) is 4.22. The van der Waals surface area contributed by atoms with Gasteiger partial charge >= 0.3 is 0 Å². The number of hydrogen-bond acceptors (Lipinski definition) is 4. The van der Waals surface area contributed by atoms with Crippen molar-refractivity contribution in [3.8, 4) is 5.75 Å². The van der Waals surface area contributed by atoms with Crippen LogP contribution in [0.25, 0.3) is 0 Å². The van der Waals surface area contributed by atoms with Crippen LogP contribution in [0.4, 0.5) is 11.5 Å². The van der Waals surface area contributed by atoms with Crippen LogP contribution in [0.15, 0.2) is 42.6 Å². The van der Waals surface area contributed by atoms with E-state index in [1.807, 2.05) is 37.3 Å². The normalized spacial score (nSPS) is 10.2. The Morgan fingerprint density at radius 2 is 1.87 bits per heavy atom. The molecule has 1 aromatic heterocycles. The Labute approximate surface area is 137 Å². The molecule has 0 unspecified atom stereocenters. The molecule has 0 saturated heterocycles. The number of benzene rings is 1. The minimum Gasteiger partial charge on any atom is -0.492 e. The van der Waals surface area contributed by atoms with Gasteiger partial charge in [-0.25, -0.2) is 4.98 Å². The SMILES string of the molecule is CCOc1ccccc1NC(=O)c1ccc(N(CC)CC)nc1. The van der Waals surface area contributed by atoms with Crippen LogP contribution in [0, 0.1) is 0 Å². The Kier molecular flexibility index (Phi) is 5.97. The van der Waals surface area contributed by atoms with Gasteiger partial charge in [0.05, 0.1) is 17.9 Å². The second-order valence-corrected chi connectivity index (χ2v) is 4.96. The summed E-state index contributed by atoms with van der Waals surface area (Å²) in [7, 11) is 0. The molecule has 5 heteroatoms. The zero-order valence-electron chi connectivity index (χ0n) is 13.9. The maximum Gasteiger partial charge on any atom is 0.257 e. The van der Waals surface area contributed by atoms with Gasteiger partial charge in [0.15, 0.2) is 0 Å².